The van der Waals surface area contributed by atoms with E-state index < -0.39 is 0 Å². The molecule has 0 spiro atoms. The van der Waals surface area contributed by atoms with Crippen LogP contribution >= 0.6 is 0 Å². The Morgan fingerprint density at radius 2 is 2.20 bits per heavy atom. The average molecular weight is 345 g/mol. The predicted molar refractivity (Wildman–Crippen MR) is 93.0 cm³/mol. The highest BCUT2D eigenvalue weighted by molar-refractivity contribution is 5.98. The molecule has 10 nitrogen and oxygen atoms in total. The summed E-state index contributed by atoms with van der Waals surface area (Å²) >= 11 is 0. The third-order valence-electron chi connectivity index (χ3n) is 4.03. The van der Waals surface area contributed by atoms with Crippen LogP contribution in [0.1, 0.15) is 12.7 Å². The first-order valence-corrected chi connectivity index (χ1v) is 8.23. The maximum Gasteiger partial charge on any atom is 0.246 e. The van der Waals surface area contributed by atoms with Crippen LogP contribution in [0.25, 0.3) is 0 Å². The van der Waals surface area contributed by atoms with Crippen LogP contribution in [0.15, 0.2) is 23.7 Å². The largest absolute Gasteiger partial charge is 0.356 e. The molecule has 1 N–H and O–H groups in total. The number of guanidine groups is 1. The van der Waals surface area contributed by atoms with E-state index in [0.717, 1.165) is 18.1 Å². The Kier molecular flexibility index (Phi) is 4.96. The Morgan fingerprint density at radius 1 is 1.36 bits per heavy atom. The number of nitrogens with one attached hydrogen (secondary N) is 1. The number of amides is 1. The number of aromatic nitrogens is 5. The molecule has 1 saturated heterocycles. The summed E-state index contributed by atoms with van der Waals surface area (Å²) in [7, 11) is 3.72. The van der Waals surface area contributed by atoms with Crippen LogP contribution in [-0.2, 0) is 25.4 Å². The topological polar surface area (TPSA) is 96.5 Å². The van der Waals surface area contributed by atoms with Crippen LogP contribution in [0.2, 0.25) is 0 Å². The van der Waals surface area contributed by atoms with Crippen LogP contribution in [0, 0.1) is 0 Å². The molecule has 1 amide bonds. The number of hydrogen-bond donors (Lipinski definition) is 1. The van der Waals surface area contributed by atoms with Gasteiger partial charge in [0, 0.05) is 39.9 Å². The first-order valence-electron chi connectivity index (χ1n) is 8.23. The normalized spacial score (nSPS) is 15.8. The zero-order valence-electron chi connectivity index (χ0n) is 14.8. The van der Waals surface area contributed by atoms with Gasteiger partial charge in [-0.25, -0.2) is 4.99 Å². The number of hydrogen-bond acceptors (Lipinski definition) is 5. The van der Waals surface area contributed by atoms with Crippen molar-refractivity contribution in [2.45, 2.75) is 13.5 Å². The predicted octanol–water partition coefficient (Wildman–Crippen LogP) is -0.637. The van der Waals surface area contributed by atoms with E-state index in [1.54, 1.807) is 22.1 Å². The standard InChI is InChI=1S/C15H23N9O/c1-4-16-15(17-8-13-20-18-11-21(13)2)23-5-6-24(14(25)10-23)12-7-19-22(3)9-12/h7,9,11H,4-6,8,10H2,1-3H3,(H,16,17). The monoisotopic (exact) mass is 345 g/mol. The lowest BCUT2D eigenvalue weighted by molar-refractivity contribution is -0.120. The van der Waals surface area contributed by atoms with E-state index in [4.69, 9.17) is 0 Å². The van der Waals surface area contributed by atoms with Gasteiger partial charge < -0.3 is 19.7 Å². The number of aryl methyl sites for hydroxylation is 2. The van der Waals surface area contributed by atoms with E-state index in [1.807, 2.05) is 36.7 Å². The number of carbonyl (C=O) groups excluding carboxylic acids is 1. The molecule has 0 aromatic carbocycles. The molecule has 134 valence electrons. The fourth-order valence-corrected chi connectivity index (χ4v) is 2.70. The maximum absolute atomic E-state index is 12.5. The molecule has 1 fully saturated rings. The first kappa shape index (κ1) is 16.9. The Labute approximate surface area is 146 Å². The molecule has 2 aromatic heterocycles. The zero-order chi connectivity index (χ0) is 17.8. The summed E-state index contributed by atoms with van der Waals surface area (Å²) in [4.78, 5) is 20.9. The lowest BCUT2D eigenvalue weighted by Gasteiger charge is -2.35. The Hall–Kier alpha value is -2.91. The van der Waals surface area contributed by atoms with Gasteiger partial charge in [0.25, 0.3) is 0 Å². The number of rotatable bonds is 4. The van der Waals surface area contributed by atoms with E-state index in [0.29, 0.717) is 25.6 Å². The first-order chi connectivity index (χ1) is 12.1. The highest BCUT2D eigenvalue weighted by Crippen LogP contribution is 2.16. The maximum atomic E-state index is 12.5. The van der Waals surface area contributed by atoms with Crippen LogP contribution in [0.5, 0.6) is 0 Å². The van der Waals surface area contributed by atoms with Gasteiger partial charge in [-0.3, -0.25) is 9.48 Å². The van der Waals surface area contributed by atoms with E-state index in [1.165, 1.54) is 0 Å². The van der Waals surface area contributed by atoms with Crippen LogP contribution in [0.4, 0.5) is 5.69 Å². The molecule has 0 unspecified atom stereocenters. The van der Waals surface area contributed by atoms with Gasteiger partial charge in [0.05, 0.1) is 11.9 Å². The minimum atomic E-state index is 0.0310. The van der Waals surface area contributed by atoms with Crippen molar-refractivity contribution in [1.82, 2.24) is 34.8 Å². The smallest absolute Gasteiger partial charge is 0.246 e. The van der Waals surface area contributed by atoms with E-state index in [-0.39, 0.29) is 12.5 Å². The molecule has 0 radical (unpaired) electrons. The van der Waals surface area contributed by atoms with E-state index in [2.05, 4.69) is 25.6 Å². The SMILES string of the molecule is CCNC(=NCc1nncn1C)N1CCN(c2cnn(C)c2)C(=O)C1. The summed E-state index contributed by atoms with van der Waals surface area (Å²) in [6.07, 6.45) is 5.20. The van der Waals surface area contributed by atoms with Crippen molar-refractivity contribution >= 4 is 17.6 Å². The lowest BCUT2D eigenvalue weighted by atomic mass is 10.3. The Bertz CT molecular complexity index is 763. The van der Waals surface area contributed by atoms with Crippen molar-refractivity contribution in [2.75, 3.05) is 31.1 Å². The fraction of sp³-hybridized carbons (Fsp3) is 0.533. The van der Waals surface area contributed by atoms with Gasteiger partial charge in [0.2, 0.25) is 5.91 Å². The minimum Gasteiger partial charge on any atom is -0.356 e. The average Bonchev–Trinajstić information content (AvgIpc) is 3.20. The lowest BCUT2D eigenvalue weighted by Crippen LogP contribution is -2.55. The van der Waals surface area contributed by atoms with Gasteiger partial charge in [0.1, 0.15) is 19.4 Å². The molecular weight excluding hydrogens is 322 g/mol. The summed E-state index contributed by atoms with van der Waals surface area (Å²) < 4.78 is 3.53. The summed E-state index contributed by atoms with van der Waals surface area (Å²) in [5, 5.41) is 15.3. The second kappa shape index (κ2) is 7.32. The van der Waals surface area contributed by atoms with Crippen molar-refractivity contribution in [3.05, 3.63) is 24.5 Å². The summed E-state index contributed by atoms with van der Waals surface area (Å²) in [6.45, 7) is 4.72. The van der Waals surface area contributed by atoms with Gasteiger partial charge in [-0.05, 0) is 6.92 Å². The molecule has 0 aliphatic carbocycles. The molecule has 25 heavy (non-hydrogen) atoms. The minimum absolute atomic E-state index is 0.0310. The van der Waals surface area contributed by atoms with E-state index in [9.17, 15) is 4.79 Å². The number of nitrogens with zero attached hydrogens (tertiary/aromatic N) is 8. The Morgan fingerprint density at radius 3 is 2.80 bits per heavy atom. The second-order valence-electron chi connectivity index (χ2n) is 5.87. The zero-order valence-corrected chi connectivity index (χ0v) is 14.8. The van der Waals surface area contributed by atoms with Gasteiger partial charge in [0.15, 0.2) is 11.8 Å². The van der Waals surface area contributed by atoms with Crippen molar-refractivity contribution < 1.29 is 4.79 Å². The van der Waals surface area contributed by atoms with Crippen molar-refractivity contribution in [3.8, 4) is 0 Å². The molecule has 10 heteroatoms. The van der Waals surface area contributed by atoms with Gasteiger partial charge in [-0.2, -0.15) is 5.10 Å². The molecule has 2 aromatic rings. The Balaban J connectivity index is 1.69. The quantitative estimate of drug-likeness (QED) is 0.585. The molecule has 0 bridgehead atoms. The van der Waals surface area contributed by atoms with Crippen molar-refractivity contribution in [2.24, 2.45) is 19.1 Å². The summed E-state index contributed by atoms with van der Waals surface area (Å²) in [5.74, 6) is 1.52. The van der Waals surface area contributed by atoms with Crippen LogP contribution < -0.4 is 10.2 Å². The van der Waals surface area contributed by atoms with Gasteiger partial charge in [-0.1, -0.05) is 0 Å². The van der Waals surface area contributed by atoms with Crippen molar-refractivity contribution in [1.29, 1.82) is 0 Å². The third kappa shape index (κ3) is 3.78. The fourth-order valence-electron chi connectivity index (χ4n) is 2.70. The highest BCUT2D eigenvalue weighted by atomic mass is 16.2. The van der Waals surface area contributed by atoms with Gasteiger partial charge >= 0.3 is 0 Å². The van der Waals surface area contributed by atoms with Crippen LogP contribution in [0.3, 0.4) is 0 Å². The summed E-state index contributed by atoms with van der Waals surface area (Å²) in [5.41, 5.74) is 0.827. The highest BCUT2D eigenvalue weighted by Gasteiger charge is 2.27. The van der Waals surface area contributed by atoms with Crippen molar-refractivity contribution in [3.63, 3.8) is 0 Å². The van der Waals surface area contributed by atoms with Crippen LogP contribution in [-0.4, -0.2) is 67.5 Å². The summed E-state index contributed by atoms with van der Waals surface area (Å²) in [6, 6.07) is 0. The molecule has 3 heterocycles. The molecule has 0 atom stereocenters. The molecular formula is C15H23N9O. The number of carbonyl (C=O) groups is 1. The molecule has 0 saturated carbocycles. The number of anilines is 1. The molecule has 1 aliphatic heterocycles. The second-order valence-corrected chi connectivity index (χ2v) is 5.87. The van der Waals surface area contributed by atoms with E-state index >= 15 is 0 Å². The third-order valence-corrected chi connectivity index (χ3v) is 4.03. The van der Waals surface area contributed by atoms with Gasteiger partial charge in [-0.15, -0.1) is 10.2 Å². The molecule has 1 aliphatic rings. The molecule has 3 rings (SSSR count). The number of piperazine rings is 1. The number of aliphatic imine (C=N–C) groups is 1.